The van der Waals surface area contributed by atoms with E-state index in [2.05, 4.69) is 35.1 Å². The molecule has 1 N–H and O–H groups in total. The van der Waals surface area contributed by atoms with Gasteiger partial charge in [-0.05, 0) is 31.0 Å². The second kappa shape index (κ2) is 8.30. The third-order valence-electron chi connectivity index (χ3n) is 2.93. The van der Waals surface area contributed by atoms with Gasteiger partial charge in [-0.3, -0.25) is 4.79 Å². The van der Waals surface area contributed by atoms with Crippen LogP contribution in [-0.4, -0.2) is 11.9 Å². The van der Waals surface area contributed by atoms with Gasteiger partial charge in [-0.15, -0.1) is 0 Å². The maximum atomic E-state index is 11.8. The van der Waals surface area contributed by atoms with E-state index in [0.29, 0.717) is 6.42 Å². The van der Waals surface area contributed by atoms with Crippen molar-refractivity contribution in [1.29, 1.82) is 0 Å². The van der Waals surface area contributed by atoms with Crippen molar-refractivity contribution in [2.24, 2.45) is 0 Å². The van der Waals surface area contributed by atoms with Gasteiger partial charge in [-0.25, -0.2) is 0 Å². The molecule has 0 spiro atoms. The van der Waals surface area contributed by atoms with Crippen molar-refractivity contribution in [1.82, 2.24) is 5.32 Å². The zero-order chi connectivity index (χ0) is 13.4. The molecule has 1 unspecified atom stereocenters. The lowest BCUT2D eigenvalue weighted by molar-refractivity contribution is -0.121. The van der Waals surface area contributed by atoms with Gasteiger partial charge in [0, 0.05) is 10.5 Å². The van der Waals surface area contributed by atoms with Gasteiger partial charge in [0.05, 0.1) is 6.42 Å². The molecule has 0 heterocycles. The summed E-state index contributed by atoms with van der Waals surface area (Å²) in [6, 6.07) is 8.16. The quantitative estimate of drug-likeness (QED) is 0.755. The molecule has 3 heteroatoms. The van der Waals surface area contributed by atoms with Crippen LogP contribution >= 0.6 is 15.9 Å². The molecule has 1 aromatic carbocycles. The van der Waals surface area contributed by atoms with Gasteiger partial charge in [0.2, 0.25) is 5.91 Å². The first kappa shape index (κ1) is 15.2. The molecule has 18 heavy (non-hydrogen) atoms. The third-order valence-corrected chi connectivity index (χ3v) is 3.45. The molecule has 2 nitrogen and oxygen atoms in total. The molecule has 0 fully saturated rings. The summed E-state index contributed by atoms with van der Waals surface area (Å²) in [5.41, 5.74) is 1.05. The largest absolute Gasteiger partial charge is 0.353 e. The highest BCUT2D eigenvalue weighted by atomic mass is 79.9. The molecular formula is C15H22BrNO. The van der Waals surface area contributed by atoms with Crippen LogP contribution in [0.1, 0.15) is 45.1 Å². The zero-order valence-electron chi connectivity index (χ0n) is 11.2. The molecule has 0 aliphatic carbocycles. The fourth-order valence-corrected chi connectivity index (χ4v) is 2.15. The maximum absolute atomic E-state index is 11.8. The number of carbonyl (C=O) groups excluding carboxylic acids is 1. The summed E-state index contributed by atoms with van der Waals surface area (Å²) in [5, 5.41) is 3.05. The summed E-state index contributed by atoms with van der Waals surface area (Å²) >= 11 is 3.39. The number of benzene rings is 1. The molecular weight excluding hydrogens is 290 g/mol. The van der Waals surface area contributed by atoms with E-state index in [9.17, 15) is 4.79 Å². The van der Waals surface area contributed by atoms with Gasteiger partial charge in [-0.1, -0.05) is 54.2 Å². The Hall–Kier alpha value is -0.830. The standard InChI is InChI=1S/C15H22BrNO/c1-3-4-5-6-12(2)17-15(18)11-13-7-9-14(16)10-8-13/h7-10,12H,3-6,11H2,1-2H3,(H,17,18). The van der Waals surface area contributed by atoms with Crippen molar-refractivity contribution in [3.8, 4) is 0 Å². The Morgan fingerprint density at radius 1 is 1.28 bits per heavy atom. The Kier molecular flexibility index (Phi) is 7.02. The first-order valence-electron chi connectivity index (χ1n) is 6.65. The summed E-state index contributed by atoms with van der Waals surface area (Å²) in [5.74, 6) is 0.112. The molecule has 0 aliphatic heterocycles. The first-order valence-corrected chi connectivity index (χ1v) is 7.45. The number of amides is 1. The van der Waals surface area contributed by atoms with Crippen LogP contribution in [0.3, 0.4) is 0 Å². The normalized spacial score (nSPS) is 12.2. The molecule has 1 atom stereocenters. The minimum absolute atomic E-state index is 0.112. The summed E-state index contributed by atoms with van der Waals surface area (Å²) in [4.78, 5) is 11.8. The predicted octanol–water partition coefficient (Wildman–Crippen LogP) is 4.08. The topological polar surface area (TPSA) is 29.1 Å². The van der Waals surface area contributed by atoms with E-state index >= 15 is 0 Å². The first-order chi connectivity index (χ1) is 8.61. The molecule has 1 aromatic rings. The van der Waals surface area contributed by atoms with Crippen molar-refractivity contribution in [2.45, 2.75) is 52.0 Å². The van der Waals surface area contributed by atoms with E-state index in [1.165, 1.54) is 19.3 Å². The van der Waals surface area contributed by atoms with Crippen molar-refractivity contribution in [2.75, 3.05) is 0 Å². The van der Waals surface area contributed by atoms with Crippen LogP contribution in [0.25, 0.3) is 0 Å². The van der Waals surface area contributed by atoms with Crippen molar-refractivity contribution >= 4 is 21.8 Å². The molecule has 0 aromatic heterocycles. The Morgan fingerprint density at radius 2 is 1.94 bits per heavy atom. The van der Waals surface area contributed by atoms with Gasteiger partial charge in [0.1, 0.15) is 0 Å². The Morgan fingerprint density at radius 3 is 2.56 bits per heavy atom. The number of rotatable bonds is 7. The highest BCUT2D eigenvalue weighted by Crippen LogP contribution is 2.11. The number of hydrogen-bond acceptors (Lipinski definition) is 1. The molecule has 0 radical (unpaired) electrons. The van der Waals surface area contributed by atoms with Crippen LogP contribution in [0.2, 0.25) is 0 Å². The van der Waals surface area contributed by atoms with Crippen molar-refractivity contribution in [3.05, 3.63) is 34.3 Å². The Labute approximate surface area is 118 Å². The van der Waals surface area contributed by atoms with Crippen LogP contribution in [-0.2, 0) is 11.2 Å². The fraction of sp³-hybridized carbons (Fsp3) is 0.533. The Bertz CT molecular complexity index is 361. The number of hydrogen-bond donors (Lipinski definition) is 1. The monoisotopic (exact) mass is 311 g/mol. The summed E-state index contributed by atoms with van der Waals surface area (Å²) in [6.07, 6.45) is 5.19. The molecule has 1 rings (SSSR count). The van der Waals surface area contributed by atoms with Crippen molar-refractivity contribution in [3.63, 3.8) is 0 Å². The van der Waals surface area contributed by atoms with E-state index < -0.39 is 0 Å². The highest BCUT2D eigenvalue weighted by molar-refractivity contribution is 9.10. The number of carbonyl (C=O) groups is 1. The van der Waals surface area contributed by atoms with Crippen LogP contribution in [0, 0.1) is 0 Å². The summed E-state index contributed by atoms with van der Waals surface area (Å²) in [7, 11) is 0. The second-order valence-electron chi connectivity index (χ2n) is 4.77. The minimum atomic E-state index is 0.112. The molecule has 0 saturated heterocycles. The lowest BCUT2D eigenvalue weighted by atomic mass is 10.1. The number of unbranched alkanes of at least 4 members (excludes halogenated alkanes) is 2. The number of nitrogens with one attached hydrogen (secondary N) is 1. The average molecular weight is 312 g/mol. The number of halogens is 1. The molecule has 0 saturated carbocycles. The minimum Gasteiger partial charge on any atom is -0.353 e. The van der Waals surface area contributed by atoms with Gasteiger partial charge in [-0.2, -0.15) is 0 Å². The van der Waals surface area contributed by atoms with Gasteiger partial charge in [0.15, 0.2) is 0 Å². The van der Waals surface area contributed by atoms with E-state index in [1.54, 1.807) is 0 Å². The molecule has 0 bridgehead atoms. The third kappa shape index (κ3) is 6.20. The molecule has 0 aliphatic rings. The lowest BCUT2D eigenvalue weighted by Gasteiger charge is -2.13. The fourth-order valence-electron chi connectivity index (χ4n) is 1.89. The van der Waals surface area contributed by atoms with Gasteiger partial charge >= 0.3 is 0 Å². The van der Waals surface area contributed by atoms with E-state index in [1.807, 2.05) is 24.3 Å². The maximum Gasteiger partial charge on any atom is 0.224 e. The SMILES string of the molecule is CCCCCC(C)NC(=O)Cc1ccc(Br)cc1. The molecule has 100 valence electrons. The van der Waals surface area contributed by atoms with Crippen LogP contribution < -0.4 is 5.32 Å². The van der Waals surface area contributed by atoms with Crippen LogP contribution in [0.15, 0.2) is 28.7 Å². The summed E-state index contributed by atoms with van der Waals surface area (Å²) < 4.78 is 1.04. The van der Waals surface area contributed by atoms with E-state index in [4.69, 9.17) is 0 Å². The van der Waals surface area contributed by atoms with E-state index in [-0.39, 0.29) is 11.9 Å². The van der Waals surface area contributed by atoms with E-state index in [0.717, 1.165) is 16.5 Å². The lowest BCUT2D eigenvalue weighted by Crippen LogP contribution is -2.33. The predicted molar refractivity (Wildman–Crippen MR) is 79.6 cm³/mol. The smallest absolute Gasteiger partial charge is 0.224 e. The van der Waals surface area contributed by atoms with Gasteiger partial charge in [0.25, 0.3) is 0 Å². The molecule has 1 amide bonds. The van der Waals surface area contributed by atoms with Crippen molar-refractivity contribution < 1.29 is 4.79 Å². The highest BCUT2D eigenvalue weighted by Gasteiger charge is 2.07. The van der Waals surface area contributed by atoms with Crippen LogP contribution in [0.4, 0.5) is 0 Å². The average Bonchev–Trinajstić information content (AvgIpc) is 2.32. The summed E-state index contributed by atoms with van der Waals surface area (Å²) in [6.45, 7) is 4.27. The zero-order valence-corrected chi connectivity index (χ0v) is 12.8. The van der Waals surface area contributed by atoms with Crippen LogP contribution in [0.5, 0.6) is 0 Å². The van der Waals surface area contributed by atoms with Gasteiger partial charge < -0.3 is 5.32 Å². The Balaban J connectivity index is 2.30. The second-order valence-corrected chi connectivity index (χ2v) is 5.68.